The molecule has 3 saturated heterocycles. The zero-order valence-electron chi connectivity index (χ0n) is 26.3. The Hall–Kier alpha value is -5.59. The van der Waals surface area contributed by atoms with Gasteiger partial charge in [0.05, 0.1) is 11.1 Å². The summed E-state index contributed by atoms with van der Waals surface area (Å²) in [5.74, 6) is -1.10. The molecule has 244 valence electrons. The van der Waals surface area contributed by atoms with E-state index in [1.807, 2.05) is 46.2 Å². The van der Waals surface area contributed by atoms with Crippen molar-refractivity contribution in [1.82, 2.24) is 25.1 Å². The Bertz CT molecular complexity index is 2020. The summed E-state index contributed by atoms with van der Waals surface area (Å²) in [5.41, 5.74) is 5.25. The largest absolute Gasteiger partial charge is 0.439 e. The summed E-state index contributed by atoms with van der Waals surface area (Å²) >= 11 is 0. The maximum Gasteiger partial charge on any atom is 0.324 e. The molecule has 48 heavy (non-hydrogen) atoms. The zero-order valence-corrected chi connectivity index (χ0v) is 26.3. The minimum Gasteiger partial charge on any atom is -0.439 e. The van der Waals surface area contributed by atoms with Crippen LogP contribution in [0.3, 0.4) is 0 Å². The molecule has 0 bridgehead atoms. The van der Waals surface area contributed by atoms with Gasteiger partial charge < -0.3 is 14.2 Å². The molecule has 2 aromatic carbocycles. The molecule has 4 aliphatic rings. The molecule has 6 amide bonds. The second-order valence-corrected chi connectivity index (χ2v) is 12.8. The number of hydrogen-bond acceptors (Lipinski definition) is 9. The second-order valence-electron chi connectivity index (χ2n) is 12.8. The summed E-state index contributed by atoms with van der Waals surface area (Å²) in [6.07, 6.45) is 3.70. The van der Waals surface area contributed by atoms with Crippen LogP contribution in [-0.4, -0.2) is 88.2 Å². The second kappa shape index (κ2) is 11.6. The number of nitrogens with one attached hydrogen (secondary N) is 1. The van der Waals surface area contributed by atoms with Crippen molar-refractivity contribution in [3.8, 4) is 11.1 Å². The summed E-state index contributed by atoms with van der Waals surface area (Å²) in [5, 5.41) is 2.22. The van der Waals surface area contributed by atoms with Crippen LogP contribution in [0.2, 0.25) is 0 Å². The Morgan fingerprint density at radius 2 is 1.75 bits per heavy atom. The summed E-state index contributed by atoms with van der Waals surface area (Å²) in [6.45, 7) is 5.34. The van der Waals surface area contributed by atoms with E-state index in [9.17, 15) is 24.0 Å². The Labute approximate surface area is 275 Å². The first-order valence-corrected chi connectivity index (χ1v) is 16.2. The summed E-state index contributed by atoms with van der Waals surface area (Å²) in [6, 6.07) is 14.0. The number of piperidine rings is 1. The summed E-state index contributed by atoms with van der Waals surface area (Å²) < 4.78 is 5.66. The number of nitrogens with zero attached hydrogens (tertiary/aromatic N) is 6. The van der Waals surface area contributed by atoms with Crippen LogP contribution in [0.25, 0.3) is 22.4 Å². The van der Waals surface area contributed by atoms with E-state index in [0.717, 1.165) is 53.3 Å². The highest BCUT2D eigenvalue weighted by molar-refractivity contribution is 6.23. The standard InChI is InChI=1S/C35H33N7O6/c1-20-37-31-29(48-20)15-23(17-36-31)22-4-2-5-25(14-22)41-12-3-11-39(35(41)47)13-10-21-18-40(19-21)24-6-7-26-27(16-24)34(46)42(33(26)45)28-8-9-30(43)38-32(28)44/h2,4-7,14-17,21,28H,3,8-13,18-19H2,1H3,(H,38,43,44). The van der Waals surface area contributed by atoms with Crippen LogP contribution in [0.15, 0.2) is 59.1 Å². The fourth-order valence-electron chi connectivity index (χ4n) is 7.12. The molecule has 0 spiro atoms. The van der Waals surface area contributed by atoms with Gasteiger partial charge in [0.1, 0.15) is 6.04 Å². The average molecular weight is 648 g/mol. The average Bonchev–Trinajstić information content (AvgIpc) is 3.55. The Morgan fingerprint density at radius 3 is 2.58 bits per heavy atom. The molecule has 4 aliphatic heterocycles. The van der Waals surface area contributed by atoms with Crippen molar-refractivity contribution in [3.63, 3.8) is 0 Å². The first kappa shape index (κ1) is 29.8. The van der Waals surface area contributed by atoms with Gasteiger partial charge in [-0.15, -0.1) is 0 Å². The maximum absolute atomic E-state index is 13.6. The van der Waals surface area contributed by atoms with E-state index < -0.39 is 29.7 Å². The molecule has 0 radical (unpaired) electrons. The molecule has 2 aromatic heterocycles. The Kier molecular flexibility index (Phi) is 7.19. The van der Waals surface area contributed by atoms with E-state index in [0.29, 0.717) is 42.7 Å². The molecule has 1 atom stereocenters. The monoisotopic (exact) mass is 647 g/mol. The van der Waals surface area contributed by atoms with Crippen molar-refractivity contribution in [1.29, 1.82) is 0 Å². The number of aromatic nitrogens is 2. The SMILES string of the molecule is Cc1nc2ncc(-c3cccc(N4CCCN(CCC5CN(c6ccc7c(c6)C(=O)N(C6CCC(=O)NC6=O)C7=O)C5)C4=O)c3)cc2o1. The van der Waals surface area contributed by atoms with Crippen molar-refractivity contribution >= 4 is 52.3 Å². The van der Waals surface area contributed by atoms with E-state index in [1.165, 1.54) is 0 Å². The molecule has 13 nitrogen and oxygen atoms in total. The van der Waals surface area contributed by atoms with Gasteiger partial charge in [0.15, 0.2) is 17.1 Å². The molecule has 3 fully saturated rings. The first-order valence-electron chi connectivity index (χ1n) is 16.2. The number of amides is 6. The lowest BCUT2D eigenvalue weighted by Crippen LogP contribution is -2.54. The molecule has 13 heteroatoms. The number of hydrogen-bond donors (Lipinski definition) is 1. The van der Waals surface area contributed by atoms with Crippen molar-refractivity contribution in [2.45, 2.75) is 38.6 Å². The quantitative estimate of drug-likeness (QED) is 0.296. The highest BCUT2D eigenvalue weighted by Crippen LogP contribution is 2.34. The number of imide groups is 2. The van der Waals surface area contributed by atoms with E-state index in [1.54, 1.807) is 25.3 Å². The molecule has 8 rings (SSSR count). The van der Waals surface area contributed by atoms with E-state index in [-0.39, 0.29) is 30.0 Å². The highest BCUT2D eigenvalue weighted by Gasteiger charge is 2.45. The molecular formula is C35H33N7O6. The molecule has 6 heterocycles. The molecule has 0 saturated carbocycles. The summed E-state index contributed by atoms with van der Waals surface area (Å²) in [7, 11) is 0. The number of carbonyl (C=O) groups excluding carboxylic acids is 5. The van der Waals surface area contributed by atoms with Gasteiger partial charge in [0.25, 0.3) is 11.8 Å². The molecule has 1 N–H and O–H groups in total. The van der Waals surface area contributed by atoms with Crippen LogP contribution in [0.5, 0.6) is 0 Å². The van der Waals surface area contributed by atoms with E-state index in [4.69, 9.17) is 4.42 Å². The van der Waals surface area contributed by atoms with Crippen molar-refractivity contribution < 1.29 is 28.4 Å². The smallest absolute Gasteiger partial charge is 0.324 e. The van der Waals surface area contributed by atoms with Crippen molar-refractivity contribution in [2.75, 3.05) is 42.5 Å². The normalized spacial score (nSPS) is 20.1. The molecular weight excluding hydrogens is 614 g/mol. The lowest BCUT2D eigenvalue weighted by molar-refractivity contribution is -0.136. The fourth-order valence-corrected chi connectivity index (χ4v) is 7.12. The van der Waals surface area contributed by atoms with Gasteiger partial charge in [0.2, 0.25) is 11.8 Å². The van der Waals surface area contributed by atoms with Crippen LogP contribution in [0.1, 0.15) is 52.3 Å². The summed E-state index contributed by atoms with van der Waals surface area (Å²) in [4.78, 5) is 79.4. The lowest BCUT2D eigenvalue weighted by Gasteiger charge is -2.43. The number of rotatable bonds is 7. The fraction of sp³-hybridized carbons (Fsp3) is 0.343. The highest BCUT2D eigenvalue weighted by atomic mass is 16.3. The minimum atomic E-state index is -0.985. The number of aryl methyl sites for hydroxylation is 1. The lowest BCUT2D eigenvalue weighted by atomic mass is 9.94. The first-order chi connectivity index (χ1) is 23.2. The molecule has 4 aromatic rings. The van der Waals surface area contributed by atoms with Crippen LogP contribution >= 0.6 is 0 Å². The van der Waals surface area contributed by atoms with Crippen molar-refractivity contribution in [2.24, 2.45) is 5.92 Å². The third-order valence-electron chi connectivity index (χ3n) is 9.71. The van der Waals surface area contributed by atoms with Gasteiger partial charge in [-0.25, -0.2) is 9.78 Å². The van der Waals surface area contributed by atoms with Gasteiger partial charge in [-0.3, -0.25) is 34.3 Å². The number of oxazole rings is 1. The molecule has 0 aliphatic carbocycles. The minimum absolute atomic E-state index is 0.00335. The maximum atomic E-state index is 13.6. The topological polar surface area (TPSA) is 149 Å². The van der Waals surface area contributed by atoms with Gasteiger partial charge in [-0.1, -0.05) is 12.1 Å². The number of fused-ring (bicyclic) bond motifs is 2. The Morgan fingerprint density at radius 1 is 0.917 bits per heavy atom. The number of pyridine rings is 1. The number of benzene rings is 2. The Balaban J connectivity index is 0.878. The van der Waals surface area contributed by atoms with Gasteiger partial charge in [-0.05, 0) is 67.1 Å². The van der Waals surface area contributed by atoms with Gasteiger partial charge in [0, 0.05) is 69.2 Å². The van der Waals surface area contributed by atoms with Crippen molar-refractivity contribution in [3.05, 3.63) is 71.7 Å². The predicted molar refractivity (Wildman–Crippen MR) is 174 cm³/mol. The third kappa shape index (κ3) is 5.15. The predicted octanol–water partition coefficient (Wildman–Crippen LogP) is 3.76. The van der Waals surface area contributed by atoms with Crippen LogP contribution in [0, 0.1) is 12.8 Å². The van der Waals surface area contributed by atoms with E-state index >= 15 is 0 Å². The zero-order chi connectivity index (χ0) is 33.1. The number of urea groups is 1. The van der Waals surface area contributed by atoms with Crippen LogP contribution < -0.4 is 15.1 Å². The van der Waals surface area contributed by atoms with Crippen LogP contribution in [-0.2, 0) is 9.59 Å². The third-order valence-corrected chi connectivity index (χ3v) is 9.71. The van der Waals surface area contributed by atoms with Gasteiger partial charge >= 0.3 is 6.03 Å². The number of carbonyl (C=O) groups is 5. The molecule has 1 unspecified atom stereocenters. The number of anilines is 2. The van der Waals surface area contributed by atoms with Crippen LogP contribution in [0.4, 0.5) is 16.2 Å². The van der Waals surface area contributed by atoms with Gasteiger partial charge in [-0.2, -0.15) is 4.98 Å². The van der Waals surface area contributed by atoms with E-state index in [2.05, 4.69) is 20.2 Å².